The lowest BCUT2D eigenvalue weighted by Gasteiger charge is -2.09. The summed E-state index contributed by atoms with van der Waals surface area (Å²) >= 11 is 3.44. The third kappa shape index (κ3) is 5.33. The minimum Gasteiger partial charge on any atom is -0.385 e. The zero-order valence-electron chi connectivity index (χ0n) is 13.2. The Labute approximate surface area is 144 Å². The lowest BCUT2D eigenvalue weighted by Crippen LogP contribution is -2.14. The summed E-state index contributed by atoms with van der Waals surface area (Å²) in [6.45, 7) is 3.46. The van der Waals surface area contributed by atoms with Crippen LogP contribution in [0.1, 0.15) is 22.5 Å². The molecule has 0 aliphatic heterocycles. The minimum absolute atomic E-state index is 0.229. The second kappa shape index (κ2) is 8.64. The topological polar surface area (TPSA) is 63.2 Å². The van der Waals surface area contributed by atoms with Gasteiger partial charge in [-0.05, 0) is 49.2 Å². The van der Waals surface area contributed by atoms with Crippen molar-refractivity contribution in [2.45, 2.75) is 13.3 Å². The number of methoxy groups -OCH3 is 1. The highest BCUT2D eigenvalue weighted by Gasteiger charge is 2.09. The maximum absolute atomic E-state index is 12.3. The van der Waals surface area contributed by atoms with E-state index >= 15 is 0 Å². The monoisotopic (exact) mass is 377 g/mol. The molecule has 2 N–H and O–H groups in total. The molecule has 0 aliphatic rings. The van der Waals surface area contributed by atoms with Crippen LogP contribution in [-0.2, 0) is 4.74 Å². The van der Waals surface area contributed by atoms with E-state index in [2.05, 4.69) is 31.5 Å². The number of nitrogens with one attached hydrogen (secondary N) is 2. The Morgan fingerprint density at radius 1 is 1.26 bits per heavy atom. The predicted molar refractivity (Wildman–Crippen MR) is 96.1 cm³/mol. The molecule has 2 aromatic rings. The van der Waals surface area contributed by atoms with Gasteiger partial charge in [0, 0.05) is 42.3 Å². The fourth-order valence-corrected chi connectivity index (χ4v) is 2.28. The molecule has 0 saturated heterocycles. The highest BCUT2D eigenvalue weighted by atomic mass is 79.9. The van der Waals surface area contributed by atoms with E-state index in [0.29, 0.717) is 12.3 Å². The molecule has 0 unspecified atom stereocenters. The van der Waals surface area contributed by atoms with Crippen LogP contribution in [0, 0.1) is 6.92 Å². The number of nitrogens with zero attached hydrogens (tertiary/aromatic N) is 1. The van der Waals surface area contributed by atoms with Gasteiger partial charge in [-0.25, -0.2) is 0 Å². The molecule has 1 amide bonds. The van der Waals surface area contributed by atoms with Crippen LogP contribution in [0.4, 0.5) is 11.4 Å². The van der Waals surface area contributed by atoms with Crippen LogP contribution in [0.15, 0.2) is 41.0 Å². The first kappa shape index (κ1) is 17.4. The Morgan fingerprint density at radius 2 is 2.09 bits per heavy atom. The fraction of sp³-hybridized carbons (Fsp3) is 0.294. The second-order valence-corrected chi connectivity index (χ2v) is 5.98. The third-order valence-electron chi connectivity index (χ3n) is 3.26. The molecular weight excluding hydrogens is 358 g/mol. The van der Waals surface area contributed by atoms with Gasteiger partial charge in [0.15, 0.2) is 0 Å². The number of carbonyl (C=O) groups is 1. The van der Waals surface area contributed by atoms with Gasteiger partial charge in [-0.15, -0.1) is 0 Å². The maximum Gasteiger partial charge on any atom is 0.274 e. The molecule has 1 aromatic carbocycles. The average Bonchev–Trinajstić information content (AvgIpc) is 2.55. The normalized spacial score (nSPS) is 10.4. The Balaban J connectivity index is 2.00. The van der Waals surface area contributed by atoms with Crippen molar-refractivity contribution in [1.29, 1.82) is 0 Å². The maximum atomic E-state index is 12.3. The number of aryl methyl sites for hydroxylation is 1. The summed E-state index contributed by atoms with van der Waals surface area (Å²) in [4.78, 5) is 16.4. The quantitative estimate of drug-likeness (QED) is 0.719. The first-order chi connectivity index (χ1) is 11.1. The Morgan fingerprint density at radius 3 is 2.83 bits per heavy atom. The van der Waals surface area contributed by atoms with Gasteiger partial charge < -0.3 is 15.4 Å². The fourth-order valence-electron chi connectivity index (χ4n) is 2.03. The molecule has 0 atom stereocenters. The molecule has 0 fully saturated rings. The van der Waals surface area contributed by atoms with Crippen molar-refractivity contribution in [1.82, 2.24) is 4.98 Å². The minimum atomic E-state index is -0.229. The highest BCUT2D eigenvalue weighted by molar-refractivity contribution is 9.10. The number of anilines is 2. The van der Waals surface area contributed by atoms with Crippen LogP contribution >= 0.6 is 15.9 Å². The Kier molecular flexibility index (Phi) is 6.55. The number of rotatable bonds is 7. The van der Waals surface area contributed by atoms with Crippen molar-refractivity contribution >= 4 is 33.2 Å². The zero-order valence-corrected chi connectivity index (χ0v) is 14.8. The van der Waals surface area contributed by atoms with Crippen LogP contribution in [0.25, 0.3) is 0 Å². The zero-order chi connectivity index (χ0) is 16.7. The summed E-state index contributed by atoms with van der Waals surface area (Å²) in [5, 5.41) is 6.11. The number of carbonyl (C=O) groups excluding carboxylic acids is 1. The molecule has 0 radical (unpaired) electrons. The number of halogens is 1. The first-order valence-electron chi connectivity index (χ1n) is 7.36. The van der Waals surface area contributed by atoms with Gasteiger partial charge in [0.2, 0.25) is 0 Å². The van der Waals surface area contributed by atoms with E-state index in [9.17, 15) is 4.79 Å². The van der Waals surface area contributed by atoms with Crippen LogP contribution < -0.4 is 10.6 Å². The molecule has 122 valence electrons. The standard InChI is InChI=1S/C17H20BrN3O2/c1-12-10-14(4-5-15(12)18)21-17(22)16-11-13(6-8-20-16)19-7-3-9-23-2/h4-6,8,10-11H,3,7,9H2,1-2H3,(H,19,20)(H,21,22). The molecule has 6 heteroatoms. The average molecular weight is 378 g/mol. The van der Waals surface area contributed by atoms with E-state index in [0.717, 1.165) is 34.4 Å². The molecule has 0 aliphatic carbocycles. The second-order valence-electron chi connectivity index (χ2n) is 5.12. The van der Waals surface area contributed by atoms with Crippen LogP contribution in [0.2, 0.25) is 0 Å². The molecule has 1 heterocycles. The number of benzene rings is 1. The SMILES string of the molecule is COCCCNc1ccnc(C(=O)Nc2ccc(Br)c(C)c2)c1. The van der Waals surface area contributed by atoms with Crippen LogP contribution in [0.3, 0.4) is 0 Å². The van der Waals surface area contributed by atoms with E-state index in [4.69, 9.17) is 4.74 Å². The van der Waals surface area contributed by atoms with E-state index in [-0.39, 0.29) is 5.91 Å². The predicted octanol–water partition coefficient (Wildman–Crippen LogP) is 3.85. The molecule has 0 bridgehead atoms. The van der Waals surface area contributed by atoms with E-state index < -0.39 is 0 Å². The number of amides is 1. The van der Waals surface area contributed by atoms with Crippen molar-refractivity contribution in [2.75, 3.05) is 30.9 Å². The number of hydrogen-bond acceptors (Lipinski definition) is 4. The molecule has 1 aromatic heterocycles. The van der Waals surface area contributed by atoms with Crippen LogP contribution in [0.5, 0.6) is 0 Å². The van der Waals surface area contributed by atoms with Crippen molar-refractivity contribution < 1.29 is 9.53 Å². The highest BCUT2D eigenvalue weighted by Crippen LogP contribution is 2.20. The lowest BCUT2D eigenvalue weighted by atomic mass is 10.2. The molecular formula is C17H20BrN3O2. The first-order valence-corrected chi connectivity index (χ1v) is 8.16. The largest absolute Gasteiger partial charge is 0.385 e. The van der Waals surface area contributed by atoms with Crippen molar-refractivity contribution in [3.05, 3.63) is 52.3 Å². The van der Waals surface area contributed by atoms with Crippen molar-refractivity contribution in [3.8, 4) is 0 Å². The van der Waals surface area contributed by atoms with Crippen molar-refractivity contribution in [2.24, 2.45) is 0 Å². The van der Waals surface area contributed by atoms with Gasteiger partial charge in [-0.1, -0.05) is 15.9 Å². The van der Waals surface area contributed by atoms with Gasteiger partial charge in [0.1, 0.15) is 5.69 Å². The van der Waals surface area contributed by atoms with Gasteiger partial charge in [-0.2, -0.15) is 0 Å². The number of ether oxygens (including phenoxy) is 1. The van der Waals surface area contributed by atoms with Crippen molar-refractivity contribution in [3.63, 3.8) is 0 Å². The van der Waals surface area contributed by atoms with E-state index in [1.165, 1.54) is 0 Å². The summed E-state index contributed by atoms with van der Waals surface area (Å²) in [5.41, 5.74) is 3.05. The lowest BCUT2D eigenvalue weighted by molar-refractivity contribution is 0.102. The van der Waals surface area contributed by atoms with E-state index in [1.54, 1.807) is 19.4 Å². The molecule has 5 nitrogen and oxygen atoms in total. The number of pyridine rings is 1. The molecule has 0 spiro atoms. The summed E-state index contributed by atoms with van der Waals surface area (Å²) < 4.78 is 6.02. The van der Waals surface area contributed by atoms with Crippen LogP contribution in [-0.4, -0.2) is 31.2 Å². The van der Waals surface area contributed by atoms with Gasteiger partial charge in [-0.3, -0.25) is 9.78 Å². The Hall–Kier alpha value is -1.92. The number of hydrogen-bond donors (Lipinski definition) is 2. The molecule has 2 rings (SSSR count). The third-order valence-corrected chi connectivity index (χ3v) is 4.15. The van der Waals surface area contributed by atoms with Gasteiger partial charge in [0.25, 0.3) is 5.91 Å². The summed E-state index contributed by atoms with van der Waals surface area (Å²) in [5.74, 6) is -0.229. The molecule has 23 heavy (non-hydrogen) atoms. The Bertz CT molecular complexity index is 677. The van der Waals surface area contributed by atoms with Gasteiger partial charge >= 0.3 is 0 Å². The number of aromatic nitrogens is 1. The summed E-state index contributed by atoms with van der Waals surface area (Å²) in [6.07, 6.45) is 2.53. The summed E-state index contributed by atoms with van der Waals surface area (Å²) in [7, 11) is 1.68. The van der Waals surface area contributed by atoms with Gasteiger partial charge in [0.05, 0.1) is 0 Å². The molecule has 0 saturated carbocycles. The van der Waals surface area contributed by atoms with E-state index in [1.807, 2.05) is 31.2 Å². The smallest absolute Gasteiger partial charge is 0.274 e. The summed E-state index contributed by atoms with van der Waals surface area (Å²) in [6, 6.07) is 9.25.